The van der Waals surface area contributed by atoms with E-state index in [9.17, 15) is 31.9 Å². The number of primary amides is 1. The molecule has 3 N–H and O–H groups in total. The molecule has 29 heavy (non-hydrogen) atoms. The lowest BCUT2D eigenvalue weighted by Crippen LogP contribution is -2.28. The predicted molar refractivity (Wildman–Crippen MR) is 95.5 cm³/mol. The van der Waals surface area contributed by atoms with Gasteiger partial charge in [-0.25, -0.2) is 4.39 Å². The lowest BCUT2D eigenvalue weighted by Gasteiger charge is -2.18. The zero-order chi connectivity index (χ0) is 21.3. The van der Waals surface area contributed by atoms with E-state index in [1.165, 1.54) is 18.2 Å². The molecule has 1 atom stereocenters. The lowest BCUT2D eigenvalue weighted by molar-refractivity contribution is -0.137. The van der Waals surface area contributed by atoms with Gasteiger partial charge in [0.15, 0.2) is 0 Å². The van der Waals surface area contributed by atoms with Crippen LogP contribution in [0.4, 0.5) is 28.9 Å². The van der Waals surface area contributed by atoms with E-state index in [2.05, 4.69) is 5.32 Å². The lowest BCUT2D eigenvalue weighted by atomic mass is 10.1. The first kappa shape index (κ1) is 20.3. The van der Waals surface area contributed by atoms with Gasteiger partial charge < -0.3 is 16.0 Å². The minimum absolute atomic E-state index is 0.0397. The molecule has 10 heteroatoms. The molecule has 1 heterocycles. The Morgan fingerprint density at radius 3 is 2.52 bits per heavy atom. The number of amides is 3. The predicted octanol–water partition coefficient (Wildman–Crippen LogP) is 2.94. The normalized spacial score (nSPS) is 16.8. The quantitative estimate of drug-likeness (QED) is 0.761. The molecule has 6 nitrogen and oxygen atoms in total. The Hall–Kier alpha value is -3.43. The van der Waals surface area contributed by atoms with Crippen LogP contribution in [0.25, 0.3) is 0 Å². The molecule has 1 aliphatic heterocycles. The number of alkyl halides is 3. The molecule has 1 aliphatic rings. The van der Waals surface area contributed by atoms with Crippen molar-refractivity contribution in [1.29, 1.82) is 0 Å². The average Bonchev–Trinajstić information content (AvgIpc) is 3.04. The second-order valence-corrected chi connectivity index (χ2v) is 6.50. The van der Waals surface area contributed by atoms with Crippen LogP contribution in [-0.4, -0.2) is 24.3 Å². The van der Waals surface area contributed by atoms with Gasteiger partial charge in [0.25, 0.3) is 5.91 Å². The molecular formula is C19H15F4N3O3. The Bertz CT molecular complexity index is 991. The van der Waals surface area contributed by atoms with Crippen LogP contribution in [0, 0.1) is 11.7 Å². The Morgan fingerprint density at radius 2 is 1.86 bits per heavy atom. The first-order valence-corrected chi connectivity index (χ1v) is 8.44. The summed E-state index contributed by atoms with van der Waals surface area (Å²) in [4.78, 5) is 37.0. The number of nitrogens with two attached hydrogens (primary N) is 1. The number of hydrogen-bond acceptors (Lipinski definition) is 3. The summed E-state index contributed by atoms with van der Waals surface area (Å²) in [5, 5.41) is 2.46. The maximum atomic E-state index is 13.5. The van der Waals surface area contributed by atoms with Crippen LogP contribution in [0.3, 0.4) is 0 Å². The maximum absolute atomic E-state index is 13.5. The Balaban J connectivity index is 1.74. The fourth-order valence-electron chi connectivity index (χ4n) is 3.02. The summed E-state index contributed by atoms with van der Waals surface area (Å²) < 4.78 is 52.2. The summed E-state index contributed by atoms with van der Waals surface area (Å²) >= 11 is 0. The molecule has 3 amide bonds. The van der Waals surface area contributed by atoms with Gasteiger partial charge in [0, 0.05) is 24.3 Å². The van der Waals surface area contributed by atoms with Gasteiger partial charge in [-0.3, -0.25) is 14.4 Å². The van der Waals surface area contributed by atoms with Crippen LogP contribution in [-0.2, 0) is 15.8 Å². The van der Waals surface area contributed by atoms with E-state index >= 15 is 0 Å². The van der Waals surface area contributed by atoms with Gasteiger partial charge in [-0.05, 0) is 36.4 Å². The van der Waals surface area contributed by atoms with E-state index in [1.807, 2.05) is 0 Å². The van der Waals surface area contributed by atoms with Crippen molar-refractivity contribution < 1.29 is 31.9 Å². The third-order valence-corrected chi connectivity index (χ3v) is 4.48. The SMILES string of the molecule is NC(=O)c1cc(NC(=O)C2CC(=O)N(c3cccc(C(F)(F)F)c3)C2)ccc1F. The molecule has 1 fully saturated rings. The number of anilines is 2. The third-order valence-electron chi connectivity index (χ3n) is 4.48. The highest BCUT2D eigenvalue weighted by Gasteiger charge is 2.37. The molecule has 1 unspecified atom stereocenters. The number of nitrogens with one attached hydrogen (secondary N) is 1. The van der Waals surface area contributed by atoms with Gasteiger partial charge in [0.1, 0.15) is 5.82 Å². The van der Waals surface area contributed by atoms with Gasteiger partial charge in [-0.1, -0.05) is 6.07 Å². The van der Waals surface area contributed by atoms with Crippen LogP contribution < -0.4 is 16.0 Å². The second kappa shape index (κ2) is 7.53. The average molecular weight is 409 g/mol. The van der Waals surface area contributed by atoms with Crippen LogP contribution >= 0.6 is 0 Å². The Labute approximate surface area is 162 Å². The van der Waals surface area contributed by atoms with Crippen molar-refractivity contribution >= 4 is 29.1 Å². The van der Waals surface area contributed by atoms with Crippen molar-refractivity contribution in [2.45, 2.75) is 12.6 Å². The monoisotopic (exact) mass is 409 g/mol. The largest absolute Gasteiger partial charge is 0.416 e. The molecule has 0 saturated carbocycles. The number of nitrogens with zero attached hydrogens (tertiary/aromatic N) is 1. The van der Waals surface area contributed by atoms with Crippen LogP contribution in [0.15, 0.2) is 42.5 Å². The maximum Gasteiger partial charge on any atom is 0.416 e. The molecule has 1 saturated heterocycles. The first-order valence-electron chi connectivity index (χ1n) is 8.44. The van der Waals surface area contributed by atoms with Crippen molar-refractivity contribution in [2.75, 3.05) is 16.8 Å². The zero-order valence-electron chi connectivity index (χ0n) is 14.8. The van der Waals surface area contributed by atoms with E-state index in [0.29, 0.717) is 0 Å². The minimum Gasteiger partial charge on any atom is -0.366 e. The highest BCUT2D eigenvalue weighted by molar-refractivity contribution is 6.04. The van der Waals surface area contributed by atoms with Gasteiger partial charge in [-0.2, -0.15) is 13.2 Å². The molecule has 152 valence electrons. The number of carbonyl (C=O) groups excluding carboxylic acids is 3. The Kier molecular flexibility index (Phi) is 5.27. The zero-order valence-corrected chi connectivity index (χ0v) is 14.8. The first-order chi connectivity index (χ1) is 13.6. The molecular weight excluding hydrogens is 394 g/mol. The van der Waals surface area contributed by atoms with Crippen LogP contribution in [0.1, 0.15) is 22.3 Å². The van der Waals surface area contributed by atoms with Gasteiger partial charge >= 0.3 is 6.18 Å². The fourth-order valence-corrected chi connectivity index (χ4v) is 3.02. The molecule has 0 aliphatic carbocycles. The number of benzene rings is 2. The van der Waals surface area contributed by atoms with Crippen molar-refractivity contribution in [3.8, 4) is 0 Å². The highest BCUT2D eigenvalue weighted by Crippen LogP contribution is 2.33. The summed E-state index contributed by atoms with van der Waals surface area (Å²) in [6.45, 7) is -0.115. The smallest absolute Gasteiger partial charge is 0.366 e. The van der Waals surface area contributed by atoms with Crippen LogP contribution in [0.5, 0.6) is 0 Å². The summed E-state index contributed by atoms with van der Waals surface area (Å²) in [6, 6.07) is 7.52. The molecule has 2 aromatic carbocycles. The van der Waals surface area contributed by atoms with E-state index in [-0.39, 0.29) is 24.3 Å². The number of rotatable bonds is 4. The van der Waals surface area contributed by atoms with Crippen molar-refractivity contribution in [3.05, 3.63) is 59.4 Å². The van der Waals surface area contributed by atoms with Crippen molar-refractivity contribution in [2.24, 2.45) is 11.7 Å². The topological polar surface area (TPSA) is 92.5 Å². The number of hydrogen-bond donors (Lipinski definition) is 2. The standard InChI is InChI=1S/C19H15F4N3O3/c20-15-5-4-12(8-14(15)17(24)28)25-18(29)10-6-16(27)26(9-10)13-3-1-2-11(7-13)19(21,22)23/h1-5,7-8,10H,6,9H2,(H2,24,28)(H,25,29). The highest BCUT2D eigenvalue weighted by atomic mass is 19.4. The van der Waals surface area contributed by atoms with E-state index < -0.39 is 46.8 Å². The van der Waals surface area contributed by atoms with Crippen LogP contribution in [0.2, 0.25) is 0 Å². The number of halogens is 4. The van der Waals surface area contributed by atoms with Gasteiger partial charge in [-0.15, -0.1) is 0 Å². The molecule has 2 aromatic rings. The number of carbonyl (C=O) groups is 3. The molecule has 3 rings (SSSR count). The summed E-state index contributed by atoms with van der Waals surface area (Å²) in [7, 11) is 0. The van der Waals surface area contributed by atoms with Crippen molar-refractivity contribution in [3.63, 3.8) is 0 Å². The Morgan fingerprint density at radius 1 is 1.14 bits per heavy atom. The van der Waals surface area contributed by atoms with E-state index in [1.54, 1.807) is 0 Å². The molecule has 0 bridgehead atoms. The van der Waals surface area contributed by atoms with E-state index in [0.717, 1.165) is 29.2 Å². The van der Waals surface area contributed by atoms with Gasteiger partial charge in [0.05, 0.1) is 17.0 Å². The fraction of sp³-hybridized carbons (Fsp3) is 0.211. The summed E-state index contributed by atoms with van der Waals surface area (Å²) in [5.74, 6) is -3.77. The van der Waals surface area contributed by atoms with Gasteiger partial charge in [0.2, 0.25) is 11.8 Å². The molecule has 0 aromatic heterocycles. The second-order valence-electron chi connectivity index (χ2n) is 6.50. The minimum atomic E-state index is -4.56. The van der Waals surface area contributed by atoms with Crippen molar-refractivity contribution in [1.82, 2.24) is 0 Å². The summed E-state index contributed by atoms with van der Waals surface area (Å²) in [5.41, 5.74) is 3.89. The third kappa shape index (κ3) is 4.36. The van der Waals surface area contributed by atoms with E-state index in [4.69, 9.17) is 5.73 Å². The summed E-state index contributed by atoms with van der Waals surface area (Å²) in [6.07, 6.45) is -4.76. The molecule has 0 spiro atoms. The molecule has 0 radical (unpaired) electrons.